The van der Waals surface area contributed by atoms with E-state index in [-0.39, 0.29) is 11.3 Å². The molecule has 0 aromatic heterocycles. The summed E-state index contributed by atoms with van der Waals surface area (Å²) >= 11 is 5.23. The minimum Gasteiger partial charge on any atom is -0.494 e. The Morgan fingerprint density at radius 2 is 1.82 bits per heavy atom. The van der Waals surface area contributed by atoms with Gasteiger partial charge in [0.15, 0.2) is 5.11 Å². The Hall–Kier alpha value is -1.62. The highest BCUT2D eigenvalue weighted by molar-refractivity contribution is 7.80. The highest BCUT2D eigenvalue weighted by Gasteiger charge is 2.13. The van der Waals surface area contributed by atoms with Crippen LogP contribution < -0.4 is 15.4 Å². The maximum absolute atomic E-state index is 12.0. The molecule has 1 aromatic carbocycles. The molecule has 0 spiro atoms. The van der Waals surface area contributed by atoms with Crippen molar-refractivity contribution in [2.45, 2.75) is 78.6 Å². The van der Waals surface area contributed by atoms with Crippen molar-refractivity contribution in [2.75, 3.05) is 13.2 Å². The zero-order valence-electron chi connectivity index (χ0n) is 18.3. The van der Waals surface area contributed by atoms with E-state index in [1.165, 1.54) is 24.8 Å². The lowest BCUT2D eigenvalue weighted by atomic mass is 9.87. The normalized spacial score (nSPS) is 12.3. The lowest BCUT2D eigenvalue weighted by molar-refractivity contribution is -0.119. The number of unbranched alkanes of at least 4 members (excludes halogenated alkanes) is 1. The standard InChI is InChI=1S/C23H38N2O2S/c1-6-8-10-18(7-2)17-24-22(28)25-21(26)11-9-16-27-20-14-12-19(13-15-20)23(3,4)5/h12-15,18H,6-11,16-17H2,1-5H3,(H2,24,25,26,28). The average Bonchev–Trinajstić information content (AvgIpc) is 2.65. The molecule has 1 amide bonds. The van der Waals surface area contributed by atoms with Crippen molar-refractivity contribution in [1.29, 1.82) is 0 Å². The van der Waals surface area contributed by atoms with Crippen molar-refractivity contribution in [3.05, 3.63) is 29.8 Å². The first-order valence-electron chi connectivity index (χ1n) is 10.6. The Morgan fingerprint density at radius 3 is 2.39 bits per heavy atom. The summed E-state index contributed by atoms with van der Waals surface area (Å²) in [5.74, 6) is 1.38. The van der Waals surface area contributed by atoms with Crippen LogP contribution in [0.2, 0.25) is 0 Å². The number of rotatable bonds is 11. The van der Waals surface area contributed by atoms with Crippen molar-refractivity contribution in [3.63, 3.8) is 0 Å². The van der Waals surface area contributed by atoms with Gasteiger partial charge in [0.25, 0.3) is 0 Å². The van der Waals surface area contributed by atoms with Crippen LogP contribution in [0.15, 0.2) is 24.3 Å². The zero-order valence-corrected chi connectivity index (χ0v) is 19.1. The van der Waals surface area contributed by atoms with Gasteiger partial charge in [0.1, 0.15) is 5.75 Å². The Balaban J connectivity index is 2.21. The van der Waals surface area contributed by atoms with E-state index in [1.807, 2.05) is 12.1 Å². The molecule has 1 atom stereocenters. The molecule has 0 fully saturated rings. The number of hydrogen-bond acceptors (Lipinski definition) is 3. The molecule has 1 unspecified atom stereocenters. The molecule has 0 aliphatic heterocycles. The summed E-state index contributed by atoms with van der Waals surface area (Å²) in [6.07, 6.45) is 5.82. The largest absolute Gasteiger partial charge is 0.494 e. The minimum atomic E-state index is -0.0641. The van der Waals surface area contributed by atoms with Crippen LogP contribution in [0.3, 0.4) is 0 Å². The molecule has 0 saturated carbocycles. The number of ether oxygens (including phenoxy) is 1. The predicted molar refractivity (Wildman–Crippen MR) is 122 cm³/mol. The van der Waals surface area contributed by atoms with Crippen LogP contribution in [0.4, 0.5) is 0 Å². The van der Waals surface area contributed by atoms with Gasteiger partial charge in [-0.2, -0.15) is 0 Å². The SMILES string of the molecule is CCCCC(CC)CNC(=S)NC(=O)CCCOc1ccc(C(C)(C)C)cc1. The fraction of sp³-hybridized carbons (Fsp3) is 0.652. The molecular weight excluding hydrogens is 368 g/mol. The second kappa shape index (κ2) is 12.8. The first-order valence-corrected chi connectivity index (χ1v) is 11.0. The molecule has 28 heavy (non-hydrogen) atoms. The molecule has 5 heteroatoms. The maximum atomic E-state index is 12.0. The number of thiocarbonyl (C=S) groups is 1. The van der Waals surface area contributed by atoms with Crippen LogP contribution in [0.25, 0.3) is 0 Å². The number of amides is 1. The highest BCUT2D eigenvalue weighted by atomic mass is 32.1. The lowest BCUT2D eigenvalue weighted by Crippen LogP contribution is -2.41. The molecule has 0 radical (unpaired) electrons. The van der Waals surface area contributed by atoms with Crippen molar-refractivity contribution < 1.29 is 9.53 Å². The zero-order chi connectivity index (χ0) is 21.0. The van der Waals surface area contributed by atoms with Gasteiger partial charge in [0.05, 0.1) is 6.61 Å². The molecule has 1 rings (SSSR count). The number of hydrogen-bond donors (Lipinski definition) is 2. The molecule has 0 aliphatic rings. The third-order valence-electron chi connectivity index (χ3n) is 4.88. The first-order chi connectivity index (χ1) is 13.3. The summed E-state index contributed by atoms with van der Waals surface area (Å²) in [6.45, 7) is 12.3. The summed E-state index contributed by atoms with van der Waals surface area (Å²) in [5, 5.41) is 6.37. The topological polar surface area (TPSA) is 50.4 Å². The second-order valence-electron chi connectivity index (χ2n) is 8.40. The number of carbonyl (C=O) groups excluding carboxylic acids is 1. The summed E-state index contributed by atoms with van der Waals surface area (Å²) in [5.41, 5.74) is 1.41. The average molecular weight is 407 g/mol. The Bertz CT molecular complexity index is 594. The van der Waals surface area contributed by atoms with Crippen molar-refractivity contribution >= 4 is 23.2 Å². The Labute approximate surface area is 176 Å². The van der Waals surface area contributed by atoms with Gasteiger partial charge in [-0.25, -0.2) is 0 Å². The fourth-order valence-electron chi connectivity index (χ4n) is 2.89. The monoisotopic (exact) mass is 406 g/mol. The highest BCUT2D eigenvalue weighted by Crippen LogP contribution is 2.24. The van der Waals surface area contributed by atoms with Crippen LogP contribution in [-0.4, -0.2) is 24.2 Å². The van der Waals surface area contributed by atoms with E-state index in [0.717, 1.165) is 18.7 Å². The Kier molecular flexibility index (Phi) is 11.1. The van der Waals surface area contributed by atoms with E-state index < -0.39 is 0 Å². The fourth-order valence-corrected chi connectivity index (χ4v) is 3.08. The lowest BCUT2D eigenvalue weighted by Gasteiger charge is -2.19. The molecule has 2 N–H and O–H groups in total. The van der Waals surface area contributed by atoms with Crippen LogP contribution in [0, 0.1) is 5.92 Å². The summed E-state index contributed by atoms with van der Waals surface area (Å²) < 4.78 is 5.73. The van der Waals surface area contributed by atoms with Gasteiger partial charge >= 0.3 is 0 Å². The van der Waals surface area contributed by atoms with Crippen LogP contribution >= 0.6 is 12.2 Å². The van der Waals surface area contributed by atoms with Gasteiger partial charge in [-0.05, 0) is 54.1 Å². The molecule has 0 aliphatic carbocycles. The molecule has 158 valence electrons. The van der Waals surface area contributed by atoms with Gasteiger partial charge in [-0.3, -0.25) is 4.79 Å². The summed E-state index contributed by atoms with van der Waals surface area (Å²) in [6, 6.07) is 8.16. The first kappa shape index (κ1) is 24.4. The molecule has 1 aromatic rings. The van der Waals surface area contributed by atoms with Crippen LogP contribution in [0.1, 0.15) is 78.7 Å². The molecule has 0 heterocycles. The summed E-state index contributed by atoms with van der Waals surface area (Å²) in [7, 11) is 0. The molecule has 0 bridgehead atoms. The van der Waals surface area contributed by atoms with E-state index in [9.17, 15) is 4.79 Å². The van der Waals surface area contributed by atoms with E-state index in [2.05, 4.69) is 57.4 Å². The van der Waals surface area contributed by atoms with Crippen LogP contribution in [0.5, 0.6) is 5.75 Å². The smallest absolute Gasteiger partial charge is 0.226 e. The molecule has 0 saturated heterocycles. The van der Waals surface area contributed by atoms with E-state index in [0.29, 0.717) is 30.5 Å². The van der Waals surface area contributed by atoms with Gasteiger partial charge < -0.3 is 15.4 Å². The quantitative estimate of drug-likeness (QED) is 0.384. The number of carbonyl (C=O) groups is 1. The van der Waals surface area contributed by atoms with E-state index >= 15 is 0 Å². The van der Waals surface area contributed by atoms with Crippen molar-refractivity contribution in [3.8, 4) is 5.75 Å². The van der Waals surface area contributed by atoms with Gasteiger partial charge in [-0.1, -0.05) is 66.0 Å². The van der Waals surface area contributed by atoms with E-state index in [1.54, 1.807) is 0 Å². The minimum absolute atomic E-state index is 0.0641. The number of benzene rings is 1. The Morgan fingerprint density at radius 1 is 1.14 bits per heavy atom. The van der Waals surface area contributed by atoms with Crippen molar-refractivity contribution in [2.24, 2.45) is 5.92 Å². The predicted octanol–water partition coefficient (Wildman–Crippen LogP) is 5.35. The van der Waals surface area contributed by atoms with Gasteiger partial charge in [0, 0.05) is 13.0 Å². The third kappa shape index (κ3) is 10.1. The van der Waals surface area contributed by atoms with Crippen LogP contribution in [-0.2, 0) is 10.2 Å². The van der Waals surface area contributed by atoms with Gasteiger partial charge in [-0.15, -0.1) is 0 Å². The number of nitrogens with one attached hydrogen (secondary N) is 2. The van der Waals surface area contributed by atoms with Crippen molar-refractivity contribution in [1.82, 2.24) is 10.6 Å². The summed E-state index contributed by atoms with van der Waals surface area (Å²) in [4.78, 5) is 12.0. The van der Waals surface area contributed by atoms with Gasteiger partial charge in [0.2, 0.25) is 5.91 Å². The maximum Gasteiger partial charge on any atom is 0.226 e. The third-order valence-corrected chi connectivity index (χ3v) is 5.13. The second-order valence-corrected chi connectivity index (χ2v) is 8.81. The van der Waals surface area contributed by atoms with E-state index in [4.69, 9.17) is 17.0 Å². The molecule has 4 nitrogen and oxygen atoms in total. The molecular formula is C23H38N2O2S.